The van der Waals surface area contributed by atoms with E-state index in [-0.39, 0.29) is 5.82 Å². The van der Waals surface area contributed by atoms with Crippen LogP contribution in [-0.2, 0) is 6.18 Å². The normalized spacial score (nSPS) is 11.4. The molecule has 0 aliphatic carbocycles. The molecular weight excluding hydrogens is 264 g/mol. The van der Waals surface area contributed by atoms with Crippen molar-refractivity contribution in [1.29, 1.82) is 0 Å². The molecule has 0 saturated heterocycles. The van der Waals surface area contributed by atoms with Crippen molar-refractivity contribution >= 4 is 0 Å². The maximum atomic E-state index is 13.5. The number of rotatable bonds is 2. The fourth-order valence-corrected chi connectivity index (χ4v) is 1.52. The molecule has 0 radical (unpaired) electrons. The van der Waals surface area contributed by atoms with E-state index in [4.69, 9.17) is 0 Å². The standard InChI is InChI=1S/C12H8F4N2O/c1-19-11-8(12(14,15)16)9(13)17-10(18-11)7-5-3-2-4-6-7/h2-6H,1H3. The van der Waals surface area contributed by atoms with Crippen LogP contribution in [0.1, 0.15) is 5.56 Å². The Kier molecular flexibility index (Phi) is 3.37. The van der Waals surface area contributed by atoms with Crippen LogP contribution in [0.3, 0.4) is 0 Å². The molecule has 0 unspecified atom stereocenters. The van der Waals surface area contributed by atoms with Crippen molar-refractivity contribution in [1.82, 2.24) is 9.97 Å². The van der Waals surface area contributed by atoms with E-state index in [1.807, 2.05) is 0 Å². The van der Waals surface area contributed by atoms with Crippen LogP contribution in [0.2, 0.25) is 0 Å². The highest BCUT2D eigenvalue weighted by atomic mass is 19.4. The molecule has 2 rings (SSSR count). The molecule has 0 atom stereocenters. The van der Waals surface area contributed by atoms with Crippen molar-refractivity contribution < 1.29 is 22.3 Å². The Balaban J connectivity index is 2.61. The van der Waals surface area contributed by atoms with E-state index in [2.05, 4.69) is 14.7 Å². The maximum absolute atomic E-state index is 13.5. The monoisotopic (exact) mass is 272 g/mol. The molecule has 0 bridgehead atoms. The van der Waals surface area contributed by atoms with Crippen LogP contribution >= 0.6 is 0 Å². The zero-order valence-corrected chi connectivity index (χ0v) is 9.70. The van der Waals surface area contributed by atoms with Crippen LogP contribution < -0.4 is 4.74 Å². The Bertz CT molecular complexity index is 584. The predicted molar refractivity (Wildman–Crippen MR) is 59.0 cm³/mol. The lowest BCUT2D eigenvalue weighted by Gasteiger charge is -2.12. The first-order valence-electron chi connectivity index (χ1n) is 5.17. The third-order valence-corrected chi connectivity index (χ3v) is 2.34. The van der Waals surface area contributed by atoms with Gasteiger partial charge in [0, 0.05) is 5.56 Å². The summed E-state index contributed by atoms with van der Waals surface area (Å²) in [7, 11) is 0.992. The van der Waals surface area contributed by atoms with Crippen LogP contribution in [-0.4, -0.2) is 17.1 Å². The second-order valence-corrected chi connectivity index (χ2v) is 3.59. The summed E-state index contributed by atoms with van der Waals surface area (Å²) in [5.41, 5.74) is -1.21. The van der Waals surface area contributed by atoms with E-state index in [1.54, 1.807) is 30.3 Å². The van der Waals surface area contributed by atoms with Crippen molar-refractivity contribution in [3.05, 3.63) is 41.8 Å². The van der Waals surface area contributed by atoms with Gasteiger partial charge in [0.2, 0.25) is 11.8 Å². The molecule has 7 heteroatoms. The number of hydrogen-bond donors (Lipinski definition) is 0. The average molecular weight is 272 g/mol. The maximum Gasteiger partial charge on any atom is 0.426 e. The zero-order valence-electron chi connectivity index (χ0n) is 9.70. The van der Waals surface area contributed by atoms with Gasteiger partial charge in [-0.3, -0.25) is 0 Å². The zero-order chi connectivity index (χ0) is 14.0. The first kappa shape index (κ1) is 13.3. The van der Waals surface area contributed by atoms with Gasteiger partial charge in [0.1, 0.15) is 0 Å². The third-order valence-electron chi connectivity index (χ3n) is 2.34. The molecule has 0 saturated carbocycles. The number of ether oxygens (including phenoxy) is 1. The Morgan fingerprint density at radius 2 is 1.68 bits per heavy atom. The minimum Gasteiger partial charge on any atom is -0.480 e. The fraction of sp³-hybridized carbons (Fsp3) is 0.167. The summed E-state index contributed by atoms with van der Waals surface area (Å²) in [4.78, 5) is 6.84. The molecule has 1 heterocycles. The van der Waals surface area contributed by atoms with Gasteiger partial charge in [0.05, 0.1) is 7.11 Å². The lowest BCUT2D eigenvalue weighted by atomic mass is 10.2. The molecule has 0 N–H and O–H groups in total. The molecule has 2 aromatic rings. The Hall–Kier alpha value is -2.18. The molecule has 100 valence electrons. The number of aromatic nitrogens is 2. The van der Waals surface area contributed by atoms with Gasteiger partial charge in [-0.25, -0.2) is 0 Å². The minimum absolute atomic E-state index is 0.164. The quantitative estimate of drug-likeness (QED) is 0.621. The van der Waals surface area contributed by atoms with Gasteiger partial charge in [-0.1, -0.05) is 30.3 Å². The molecule has 0 fully saturated rings. The lowest BCUT2D eigenvalue weighted by Crippen LogP contribution is -2.14. The first-order valence-corrected chi connectivity index (χ1v) is 5.17. The summed E-state index contributed by atoms with van der Waals surface area (Å²) >= 11 is 0. The fourth-order valence-electron chi connectivity index (χ4n) is 1.52. The predicted octanol–water partition coefficient (Wildman–Crippen LogP) is 3.31. The number of methoxy groups -OCH3 is 1. The Morgan fingerprint density at radius 3 is 2.21 bits per heavy atom. The smallest absolute Gasteiger partial charge is 0.426 e. The molecule has 0 spiro atoms. The molecule has 0 aliphatic heterocycles. The molecule has 1 aromatic heterocycles. The minimum atomic E-state index is -4.91. The molecule has 0 amide bonds. The van der Waals surface area contributed by atoms with Crippen LogP contribution in [0.4, 0.5) is 17.6 Å². The van der Waals surface area contributed by atoms with Gasteiger partial charge >= 0.3 is 6.18 Å². The summed E-state index contributed by atoms with van der Waals surface area (Å²) in [5.74, 6) is -2.65. The van der Waals surface area contributed by atoms with Crippen LogP contribution in [0.15, 0.2) is 30.3 Å². The van der Waals surface area contributed by atoms with Crippen molar-refractivity contribution in [2.45, 2.75) is 6.18 Å². The lowest BCUT2D eigenvalue weighted by molar-refractivity contribution is -0.142. The topological polar surface area (TPSA) is 35.0 Å². The summed E-state index contributed by atoms with van der Waals surface area (Å²) < 4.78 is 55.9. The van der Waals surface area contributed by atoms with Crippen molar-refractivity contribution in [3.63, 3.8) is 0 Å². The Morgan fingerprint density at radius 1 is 1.05 bits per heavy atom. The van der Waals surface area contributed by atoms with Crippen LogP contribution in [0.5, 0.6) is 5.88 Å². The number of alkyl halides is 3. The van der Waals surface area contributed by atoms with E-state index in [0.29, 0.717) is 5.56 Å². The second-order valence-electron chi connectivity index (χ2n) is 3.59. The number of nitrogens with zero attached hydrogens (tertiary/aromatic N) is 2. The van der Waals surface area contributed by atoms with Crippen LogP contribution in [0, 0.1) is 5.95 Å². The molecule has 0 aliphatic rings. The van der Waals surface area contributed by atoms with Gasteiger partial charge < -0.3 is 4.74 Å². The largest absolute Gasteiger partial charge is 0.480 e. The van der Waals surface area contributed by atoms with E-state index in [0.717, 1.165) is 7.11 Å². The van der Waals surface area contributed by atoms with Crippen LogP contribution in [0.25, 0.3) is 11.4 Å². The number of halogens is 4. The van der Waals surface area contributed by atoms with Gasteiger partial charge in [0.25, 0.3) is 0 Å². The highest BCUT2D eigenvalue weighted by Gasteiger charge is 2.40. The van der Waals surface area contributed by atoms with E-state index in [1.165, 1.54) is 0 Å². The summed E-state index contributed by atoms with van der Waals surface area (Å²) in [6.07, 6.45) is -4.91. The van der Waals surface area contributed by atoms with Gasteiger partial charge in [-0.15, -0.1) is 0 Å². The number of hydrogen-bond acceptors (Lipinski definition) is 3. The summed E-state index contributed by atoms with van der Waals surface area (Å²) in [6.45, 7) is 0. The molecular formula is C12H8F4N2O. The SMILES string of the molecule is COc1nc(-c2ccccc2)nc(F)c1C(F)(F)F. The Labute approximate surface area is 105 Å². The highest BCUT2D eigenvalue weighted by molar-refractivity contribution is 5.55. The van der Waals surface area contributed by atoms with E-state index in [9.17, 15) is 17.6 Å². The van der Waals surface area contributed by atoms with Crippen molar-refractivity contribution in [3.8, 4) is 17.3 Å². The first-order chi connectivity index (χ1) is 8.93. The molecule has 1 aromatic carbocycles. The molecule has 19 heavy (non-hydrogen) atoms. The van der Waals surface area contributed by atoms with Gasteiger partial charge in [-0.2, -0.15) is 27.5 Å². The molecule has 3 nitrogen and oxygen atoms in total. The second kappa shape index (κ2) is 4.83. The third kappa shape index (κ3) is 2.64. The van der Waals surface area contributed by atoms with Crippen molar-refractivity contribution in [2.24, 2.45) is 0 Å². The highest BCUT2D eigenvalue weighted by Crippen LogP contribution is 2.37. The van der Waals surface area contributed by atoms with E-state index < -0.39 is 23.6 Å². The summed E-state index contributed by atoms with van der Waals surface area (Å²) in [6, 6.07) is 8.10. The van der Waals surface area contributed by atoms with Gasteiger partial charge in [-0.05, 0) is 0 Å². The number of benzene rings is 1. The van der Waals surface area contributed by atoms with E-state index >= 15 is 0 Å². The summed E-state index contributed by atoms with van der Waals surface area (Å²) in [5, 5.41) is 0. The average Bonchev–Trinajstić information content (AvgIpc) is 2.37. The van der Waals surface area contributed by atoms with Gasteiger partial charge in [0.15, 0.2) is 11.4 Å². The van der Waals surface area contributed by atoms with Crippen molar-refractivity contribution in [2.75, 3.05) is 7.11 Å².